The lowest BCUT2D eigenvalue weighted by atomic mass is 10.1. The zero-order chi connectivity index (χ0) is 16.3. The van der Waals surface area contributed by atoms with Crippen molar-refractivity contribution in [3.8, 4) is 0 Å². The molecule has 0 saturated carbocycles. The molecule has 1 saturated heterocycles. The van der Waals surface area contributed by atoms with Crippen LogP contribution in [0.3, 0.4) is 0 Å². The highest BCUT2D eigenvalue weighted by Gasteiger charge is 2.36. The van der Waals surface area contributed by atoms with Gasteiger partial charge in [-0.1, -0.05) is 22.0 Å². The van der Waals surface area contributed by atoms with Crippen LogP contribution in [0.15, 0.2) is 28.7 Å². The molecule has 120 valence electrons. The lowest BCUT2D eigenvalue weighted by Crippen LogP contribution is -2.48. The molecule has 8 heteroatoms. The number of amides is 2. The van der Waals surface area contributed by atoms with Crippen molar-refractivity contribution >= 4 is 27.7 Å². The second-order valence-electron chi connectivity index (χ2n) is 5.00. The predicted molar refractivity (Wildman–Crippen MR) is 77.3 cm³/mol. The van der Waals surface area contributed by atoms with Gasteiger partial charge in [0.25, 0.3) is 5.91 Å². The van der Waals surface area contributed by atoms with Crippen LogP contribution in [0.4, 0.5) is 13.2 Å². The van der Waals surface area contributed by atoms with Gasteiger partial charge in [0.05, 0.1) is 0 Å². The lowest BCUT2D eigenvalue weighted by molar-refractivity contribution is -0.140. The number of hydrogen-bond acceptors (Lipinski definition) is 2. The molecule has 0 bridgehead atoms. The minimum Gasteiger partial charge on any atom is -0.345 e. The monoisotopic (exact) mass is 378 g/mol. The van der Waals surface area contributed by atoms with Crippen molar-refractivity contribution in [1.82, 2.24) is 10.2 Å². The van der Waals surface area contributed by atoms with Gasteiger partial charge < -0.3 is 10.2 Å². The van der Waals surface area contributed by atoms with Gasteiger partial charge in [-0.15, -0.1) is 0 Å². The smallest absolute Gasteiger partial charge is 0.345 e. The highest BCUT2D eigenvalue weighted by atomic mass is 79.9. The average molecular weight is 379 g/mol. The van der Waals surface area contributed by atoms with Crippen LogP contribution in [0.1, 0.15) is 23.2 Å². The van der Waals surface area contributed by atoms with Crippen molar-refractivity contribution < 1.29 is 22.8 Å². The molecule has 1 fully saturated rings. The maximum absolute atomic E-state index is 12.4. The Morgan fingerprint density at radius 1 is 1.36 bits per heavy atom. The topological polar surface area (TPSA) is 49.4 Å². The number of carbonyl (C=O) groups is 2. The minimum atomic E-state index is -4.46. The molecule has 4 nitrogen and oxygen atoms in total. The van der Waals surface area contributed by atoms with Crippen molar-refractivity contribution in [2.75, 3.05) is 13.1 Å². The molecule has 0 aromatic heterocycles. The summed E-state index contributed by atoms with van der Waals surface area (Å²) in [4.78, 5) is 25.6. The molecule has 1 aliphatic rings. The van der Waals surface area contributed by atoms with Crippen molar-refractivity contribution in [1.29, 1.82) is 0 Å². The van der Waals surface area contributed by atoms with E-state index < -0.39 is 24.7 Å². The van der Waals surface area contributed by atoms with Gasteiger partial charge in [0.1, 0.15) is 12.6 Å². The van der Waals surface area contributed by atoms with E-state index in [9.17, 15) is 22.8 Å². The third-order valence-corrected chi connectivity index (χ3v) is 3.84. The molecule has 2 amide bonds. The molecule has 1 aromatic rings. The molecule has 2 rings (SSSR count). The maximum Gasteiger partial charge on any atom is 0.405 e. The number of hydrogen-bond donors (Lipinski definition) is 1. The molecule has 0 spiro atoms. The van der Waals surface area contributed by atoms with Crippen molar-refractivity contribution in [2.45, 2.75) is 25.1 Å². The van der Waals surface area contributed by atoms with Crippen LogP contribution in [0.2, 0.25) is 0 Å². The van der Waals surface area contributed by atoms with Crippen molar-refractivity contribution in [3.05, 3.63) is 34.3 Å². The first kappa shape index (κ1) is 16.8. The summed E-state index contributed by atoms with van der Waals surface area (Å²) in [6.45, 7) is -1.03. The van der Waals surface area contributed by atoms with Crippen molar-refractivity contribution in [3.63, 3.8) is 0 Å². The Labute approximate surface area is 133 Å². The molecule has 1 N–H and O–H groups in total. The van der Waals surface area contributed by atoms with E-state index in [2.05, 4.69) is 15.9 Å². The lowest BCUT2D eigenvalue weighted by Gasteiger charge is -2.24. The number of benzene rings is 1. The van der Waals surface area contributed by atoms with Crippen molar-refractivity contribution in [2.24, 2.45) is 0 Å². The van der Waals surface area contributed by atoms with Gasteiger partial charge in [-0.2, -0.15) is 13.2 Å². The van der Waals surface area contributed by atoms with Crippen LogP contribution in [-0.2, 0) is 4.79 Å². The number of carbonyl (C=O) groups excluding carboxylic acids is 2. The van der Waals surface area contributed by atoms with E-state index in [1.807, 2.05) is 5.32 Å². The van der Waals surface area contributed by atoms with Crippen LogP contribution in [0.25, 0.3) is 0 Å². The fourth-order valence-electron chi connectivity index (χ4n) is 2.37. The fraction of sp³-hybridized carbons (Fsp3) is 0.429. The van der Waals surface area contributed by atoms with Gasteiger partial charge in [-0.05, 0) is 31.0 Å². The normalized spacial score (nSPS) is 18.4. The molecule has 1 atom stereocenters. The summed E-state index contributed by atoms with van der Waals surface area (Å²) in [6, 6.07) is 5.82. The quantitative estimate of drug-likeness (QED) is 0.878. The van der Waals surface area contributed by atoms with Gasteiger partial charge in [0.2, 0.25) is 5.91 Å². The average Bonchev–Trinajstić information content (AvgIpc) is 2.92. The zero-order valence-corrected chi connectivity index (χ0v) is 13.1. The van der Waals surface area contributed by atoms with Crippen LogP contribution in [0, 0.1) is 0 Å². The van der Waals surface area contributed by atoms with E-state index in [1.165, 1.54) is 4.90 Å². The number of halogens is 4. The van der Waals surface area contributed by atoms with E-state index in [1.54, 1.807) is 24.3 Å². The van der Waals surface area contributed by atoms with Gasteiger partial charge in [0, 0.05) is 16.6 Å². The van der Waals surface area contributed by atoms with Crippen LogP contribution < -0.4 is 5.32 Å². The van der Waals surface area contributed by atoms with Crippen LogP contribution in [-0.4, -0.2) is 42.0 Å². The maximum atomic E-state index is 12.4. The van der Waals surface area contributed by atoms with Gasteiger partial charge in [0.15, 0.2) is 0 Å². The third-order valence-electron chi connectivity index (χ3n) is 3.35. The second-order valence-corrected chi connectivity index (χ2v) is 5.92. The molecule has 1 aliphatic heterocycles. The molecule has 1 aromatic carbocycles. The summed E-state index contributed by atoms with van der Waals surface area (Å²) in [6.07, 6.45) is -3.51. The summed E-state index contributed by atoms with van der Waals surface area (Å²) >= 11 is 3.25. The molecular weight excluding hydrogens is 365 g/mol. The summed E-state index contributed by atoms with van der Waals surface area (Å²) in [5, 5.41) is 1.85. The highest BCUT2D eigenvalue weighted by Crippen LogP contribution is 2.22. The number of nitrogens with zero attached hydrogens (tertiary/aromatic N) is 1. The molecule has 0 aliphatic carbocycles. The summed E-state index contributed by atoms with van der Waals surface area (Å²) in [7, 11) is 0. The minimum absolute atomic E-state index is 0.356. The Balaban J connectivity index is 2.07. The molecular formula is C14H14BrF3N2O2. The van der Waals surface area contributed by atoms with Crippen LogP contribution in [0.5, 0.6) is 0 Å². The molecule has 22 heavy (non-hydrogen) atoms. The van der Waals surface area contributed by atoms with Gasteiger partial charge in [-0.25, -0.2) is 0 Å². The number of nitrogens with one attached hydrogen (secondary N) is 1. The first-order chi connectivity index (χ1) is 10.3. The summed E-state index contributed by atoms with van der Waals surface area (Å²) in [5.41, 5.74) is 0.393. The highest BCUT2D eigenvalue weighted by molar-refractivity contribution is 9.10. The predicted octanol–water partition coefficient (Wildman–Crippen LogP) is 2.73. The summed E-state index contributed by atoms with van der Waals surface area (Å²) < 4.78 is 37.2. The van der Waals surface area contributed by atoms with Gasteiger partial charge in [-0.3, -0.25) is 9.59 Å². The largest absolute Gasteiger partial charge is 0.405 e. The first-order valence-electron chi connectivity index (χ1n) is 6.69. The molecule has 1 heterocycles. The zero-order valence-electron chi connectivity index (χ0n) is 11.5. The van der Waals surface area contributed by atoms with E-state index >= 15 is 0 Å². The molecule has 1 unspecified atom stereocenters. The van der Waals surface area contributed by atoms with E-state index in [0.29, 0.717) is 24.9 Å². The SMILES string of the molecule is O=C(NCC(F)(F)F)C1CCCN1C(=O)c1cccc(Br)c1. The Hall–Kier alpha value is -1.57. The second kappa shape index (κ2) is 6.68. The first-order valence-corrected chi connectivity index (χ1v) is 7.48. The van der Waals surface area contributed by atoms with Gasteiger partial charge >= 0.3 is 6.18 Å². The Kier molecular flexibility index (Phi) is 5.10. The Morgan fingerprint density at radius 2 is 2.09 bits per heavy atom. The number of rotatable bonds is 3. The number of alkyl halides is 3. The fourth-order valence-corrected chi connectivity index (χ4v) is 2.77. The Bertz CT molecular complexity index is 577. The standard InChI is InChI=1S/C14H14BrF3N2O2/c15-10-4-1-3-9(7-10)13(22)20-6-2-5-11(20)12(21)19-8-14(16,17)18/h1,3-4,7,11H,2,5-6,8H2,(H,19,21). The molecule has 0 radical (unpaired) electrons. The van der Waals surface area contributed by atoms with Crippen LogP contribution >= 0.6 is 15.9 Å². The van der Waals surface area contributed by atoms with E-state index in [4.69, 9.17) is 0 Å². The summed E-state index contributed by atoms with van der Waals surface area (Å²) in [5.74, 6) is -1.12. The van der Waals surface area contributed by atoms with E-state index in [-0.39, 0.29) is 5.91 Å². The Morgan fingerprint density at radius 3 is 2.73 bits per heavy atom. The van der Waals surface area contributed by atoms with E-state index in [0.717, 1.165) is 4.47 Å². The number of likely N-dealkylation sites (tertiary alicyclic amines) is 1. The third kappa shape index (κ3) is 4.22.